The van der Waals surface area contributed by atoms with E-state index < -0.39 is 17.6 Å². The molecule has 0 bridgehead atoms. The number of likely N-dealkylation sites (tertiary alicyclic amines) is 1. The van der Waals surface area contributed by atoms with Crippen LogP contribution in [0.4, 0.5) is 18.9 Å². The molecule has 2 aliphatic carbocycles. The summed E-state index contributed by atoms with van der Waals surface area (Å²) in [6.45, 7) is 5.47. The first-order valence-electron chi connectivity index (χ1n) is 13.7. The van der Waals surface area contributed by atoms with E-state index in [4.69, 9.17) is 4.74 Å². The van der Waals surface area contributed by atoms with Crippen molar-refractivity contribution in [1.82, 2.24) is 14.7 Å². The normalized spacial score (nSPS) is 24.1. The van der Waals surface area contributed by atoms with Gasteiger partial charge in [0.05, 0.1) is 17.8 Å². The fourth-order valence-corrected chi connectivity index (χ4v) is 5.90. The van der Waals surface area contributed by atoms with Crippen molar-refractivity contribution in [1.29, 1.82) is 0 Å². The van der Waals surface area contributed by atoms with Gasteiger partial charge >= 0.3 is 6.18 Å². The summed E-state index contributed by atoms with van der Waals surface area (Å²) in [6, 6.07) is 5.27. The predicted octanol–water partition coefficient (Wildman–Crippen LogP) is 4.60. The summed E-state index contributed by atoms with van der Waals surface area (Å²) in [7, 11) is 0. The molecule has 200 valence electrons. The molecule has 2 aliphatic heterocycles. The van der Waals surface area contributed by atoms with Crippen LogP contribution in [0.3, 0.4) is 0 Å². The van der Waals surface area contributed by atoms with Gasteiger partial charge < -0.3 is 15.0 Å². The second-order valence-electron chi connectivity index (χ2n) is 10.9. The Labute approximate surface area is 212 Å². The van der Waals surface area contributed by atoms with Crippen molar-refractivity contribution in [2.75, 3.05) is 51.1 Å². The minimum atomic E-state index is -4.58. The minimum Gasteiger partial charge on any atom is -0.490 e. The largest absolute Gasteiger partial charge is 0.490 e. The Morgan fingerprint density at radius 3 is 2.14 bits per heavy atom. The van der Waals surface area contributed by atoms with Crippen LogP contribution in [-0.2, 0) is 11.0 Å². The highest BCUT2D eigenvalue weighted by Gasteiger charge is 2.35. The van der Waals surface area contributed by atoms with E-state index in [9.17, 15) is 18.0 Å². The Bertz CT molecular complexity index is 895. The summed E-state index contributed by atoms with van der Waals surface area (Å²) < 4.78 is 47.6. The number of halogens is 3. The zero-order valence-electron chi connectivity index (χ0n) is 21.1. The van der Waals surface area contributed by atoms with E-state index in [-0.39, 0.29) is 24.1 Å². The van der Waals surface area contributed by atoms with Gasteiger partial charge in [0, 0.05) is 38.3 Å². The fourth-order valence-electron chi connectivity index (χ4n) is 5.90. The third-order valence-corrected chi connectivity index (χ3v) is 8.52. The van der Waals surface area contributed by atoms with Crippen LogP contribution >= 0.6 is 0 Å². The van der Waals surface area contributed by atoms with E-state index in [0.717, 1.165) is 64.6 Å². The number of hydrogen-bond acceptors (Lipinski definition) is 5. The first-order chi connectivity index (χ1) is 17.3. The van der Waals surface area contributed by atoms with Gasteiger partial charge in [0.15, 0.2) is 0 Å². The number of carbonyl (C=O) groups excluding carboxylic acids is 1. The maximum Gasteiger partial charge on any atom is 0.418 e. The number of carbonyl (C=O) groups is 1. The molecule has 0 aromatic heterocycles. The summed E-state index contributed by atoms with van der Waals surface area (Å²) in [5.41, 5.74) is -1.06. The Morgan fingerprint density at radius 2 is 1.53 bits per heavy atom. The Morgan fingerprint density at radius 1 is 0.861 bits per heavy atom. The van der Waals surface area contributed by atoms with Crippen molar-refractivity contribution in [3.05, 3.63) is 23.8 Å². The number of ether oxygens (including phenoxy) is 1. The number of piperidine rings is 1. The van der Waals surface area contributed by atoms with Crippen molar-refractivity contribution in [2.45, 2.75) is 82.2 Å². The van der Waals surface area contributed by atoms with E-state index in [2.05, 4.69) is 20.0 Å². The van der Waals surface area contributed by atoms with Crippen LogP contribution in [0.5, 0.6) is 5.75 Å². The fraction of sp³-hybridized carbons (Fsp3) is 0.741. The van der Waals surface area contributed by atoms with E-state index in [1.165, 1.54) is 44.6 Å². The second kappa shape index (κ2) is 11.3. The third kappa shape index (κ3) is 6.34. The predicted molar refractivity (Wildman–Crippen MR) is 133 cm³/mol. The Kier molecular flexibility index (Phi) is 8.08. The molecule has 0 radical (unpaired) electrons. The van der Waals surface area contributed by atoms with Gasteiger partial charge in [-0.05, 0) is 76.2 Å². The molecule has 0 atom stereocenters. The monoisotopic (exact) mass is 508 g/mol. The highest BCUT2D eigenvalue weighted by Crippen LogP contribution is 2.38. The number of benzene rings is 1. The highest BCUT2D eigenvalue weighted by molar-refractivity contribution is 5.93. The van der Waals surface area contributed by atoms with E-state index in [0.29, 0.717) is 12.1 Å². The van der Waals surface area contributed by atoms with Crippen LogP contribution in [0.25, 0.3) is 0 Å². The topological polar surface area (TPSA) is 48.1 Å². The maximum absolute atomic E-state index is 13.9. The van der Waals surface area contributed by atoms with Crippen LogP contribution in [0.2, 0.25) is 0 Å². The average Bonchev–Trinajstić information content (AvgIpc) is 2.98. The molecule has 2 saturated carbocycles. The molecule has 0 spiro atoms. The molecule has 1 aromatic carbocycles. The number of amides is 1. The van der Waals surface area contributed by atoms with E-state index in [1.54, 1.807) is 6.07 Å². The molecule has 4 aliphatic rings. The van der Waals surface area contributed by atoms with Crippen molar-refractivity contribution < 1.29 is 22.7 Å². The molecule has 4 fully saturated rings. The first kappa shape index (κ1) is 25.8. The number of hydrogen-bond donors (Lipinski definition) is 1. The van der Waals surface area contributed by atoms with Gasteiger partial charge in [-0.25, -0.2) is 0 Å². The van der Waals surface area contributed by atoms with Crippen molar-refractivity contribution in [3.8, 4) is 5.75 Å². The maximum atomic E-state index is 13.9. The number of nitrogens with zero attached hydrogens (tertiary/aromatic N) is 3. The molecule has 1 aromatic rings. The highest BCUT2D eigenvalue weighted by atomic mass is 19.4. The quantitative estimate of drug-likeness (QED) is 0.584. The van der Waals surface area contributed by atoms with Crippen molar-refractivity contribution >= 4 is 11.6 Å². The summed E-state index contributed by atoms with van der Waals surface area (Å²) >= 11 is 0. The van der Waals surface area contributed by atoms with Gasteiger partial charge in [-0.1, -0.05) is 12.8 Å². The molecule has 2 heterocycles. The van der Waals surface area contributed by atoms with E-state index in [1.807, 2.05) is 0 Å². The first-order valence-corrected chi connectivity index (χ1v) is 13.7. The molecule has 5 rings (SSSR count). The van der Waals surface area contributed by atoms with Crippen LogP contribution in [0, 0.1) is 0 Å². The van der Waals surface area contributed by atoms with Gasteiger partial charge in [0.2, 0.25) is 5.91 Å². The summed E-state index contributed by atoms with van der Waals surface area (Å²) in [5.74, 6) is -0.194. The summed E-state index contributed by atoms with van der Waals surface area (Å²) in [6.07, 6.45) is 5.55. The number of rotatable bonds is 7. The third-order valence-electron chi connectivity index (χ3n) is 8.52. The molecule has 9 heteroatoms. The SMILES string of the molecule is O=C(CN1CCCN(C2CCC2)CC1)Nc1ccc(OC2CCN(C3CCC3)CC2)cc1C(F)(F)F. The number of anilines is 1. The number of alkyl halides is 3. The number of nitrogens with one attached hydrogen (secondary N) is 1. The van der Waals surface area contributed by atoms with Gasteiger partial charge in [-0.3, -0.25) is 14.6 Å². The molecule has 2 saturated heterocycles. The molecule has 1 amide bonds. The second-order valence-corrected chi connectivity index (χ2v) is 10.9. The summed E-state index contributed by atoms with van der Waals surface area (Å²) in [5, 5.41) is 2.53. The molecule has 6 nitrogen and oxygen atoms in total. The van der Waals surface area contributed by atoms with Gasteiger partial charge in [0.25, 0.3) is 0 Å². The van der Waals surface area contributed by atoms with Gasteiger partial charge in [-0.2, -0.15) is 13.2 Å². The lowest BCUT2D eigenvalue weighted by Gasteiger charge is -2.41. The van der Waals surface area contributed by atoms with Crippen LogP contribution in [0.15, 0.2) is 18.2 Å². The lowest BCUT2D eigenvalue weighted by molar-refractivity contribution is -0.137. The van der Waals surface area contributed by atoms with Crippen LogP contribution < -0.4 is 10.1 Å². The molecular formula is C27H39F3N4O2. The lowest BCUT2D eigenvalue weighted by atomic mass is 9.90. The molecular weight excluding hydrogens is 469 g/mol. The summed E-state index contributed by atoms with van der Waals surface area (Å²) in [4.78, 5) is 19.7. The van der Waals surface area contributed by atoms with E-state index >= 15 is 0 Å². The smallest absolute Gasteiger partial charge is 0.418 e. The minimum absolute atomic E-state index is 0.0783. The van der Waals surface area contributed by atoms with Gasteiger partial charge in [-0.15, -0.1) is 0 Å². The molecule has 0 unspecified atom stereocenters. The standard InChI is InChI=1S/C27H39F3N4O2/c28-27(29,30)24-18-23(36-22-10-14-34(15-11-22)21-6-2-7-21)8-9-25(24)31-26(35)19-32-12-3-13-33(17-16-32)20-4-1-5-20/h8-9,18,20-22H,1-7,10-17,19H2,(H,31,35). The Balaban J connectivity index is 1.15. The lowest BCUT2D eigenvalue weighted by Crippen LogP contribution is -2.46. The van der Waals surface area contributed by atoms with Gasteiger partial charge in [0.1, 0.15) is 11.9 Å². The van der Waals surface area contributed by atoms with Crippen molar-refractivity contribution in [2.24, 2.45) is 0 Å². The molecule has 1 N–H and O–H groups in total. The Hall–Kier alpha value is -1.84. The molecule has 36 heavy (non-hydrogen) atoms. The average molecular weight is 509 g/mol. The zero-order valence-corrected chi connectivity index (χ0v) is 21.1. The van der Waals surface area contributed by atoms with Crippen LogP contribution in [0.1, 0.15) is 63.4 Å². The van der Waals surface area contributed by atoms with Crippen LogP contribution in [-0.4, -0.2) is 84.6 Å². The van der Waals surface area contributed by atoms with Crippen molar-refractivity contribution in [3.63, 3.8) is 0 Å². The zero-order chi connectivity index (χ0) is 25.1.